The molecule has 1 saturated heterocycles. The molecule has 0 aromatic heterocycles. The van der Waals surface area contributed by atoms with Crippen molar-refractivity contribution in [3.8, 4) is 0 Å². The van der Waals surface area contributed by atoms with E-state index in [0.29, 0.717) is 0 Å². The Morgan fingerprint density at radius 3 is 2.12 bits per heavy atom. The van der Waals surface area contributed by atoms with E-state index in [1.54, 1.807) is 11.9 Å². The summed E-state index contributed by atoms with van der Waals surface area (Å²) in [6.45, 7) is 1.99. The maximum Gasteiger partial charge on any atom is 0.416 e. The molecule has 3 atom stereocenters. The Morgan fingerprint density at radius 2 is 1.59 bits per heavy atom. The molecule has 1 aromatic rings. The van der Waals surface area contributed by atoms with Crippen molar-refractivity contribution in [2.24, 2.45) is 0 Å². The van der Waals surface area contributed by atoms with Gasteiger partial charge in [-0.3, -0.25) is 9.69 Å². The normalized spacial score (nSPS) is 24.0. The van der Waals surface area contributed by atoms with Gasteiger partial charge in [-0.1, -0.05) is 25.0 Å². The number of sulfonamides is 1. The lowest BCUT2D eigenvalue weighted by Crippen LogP contribution is -2.55. The number of hydrogen-bond donors (Lipinski definition) is 0. The third-order valence-corrected chi connectivity index (χ3v) is 8.08. The lowest BCUT2D eigenvalue weighted by Gasteiger charge is -2.44. The van der Waals surface area contributed by atoms with E-state index in [2.05, 4.69) is 4.90 Å². The fraction of sp³-hybridized carbons (Fsp3) is 0.682. The average molecular weight is 476 g/mol. The molecule has 1 amide bonds. The highest BCUT2D eigenvalue weighted by atomic mass is 32.2. The molecule has 180 valence electrons. The topological polar surface area (TPSA) is 60.9 Å². The van der Waals surface area contributed by atoms with Crippen LogP contribution in [0.3, 0.4) is 0 Å². The first-order valence-electron chi connectivity index (χ1n) is 11.0. The molecule has 1 aromatic carbocycles. The number of likely N-dealkylation sites (N-methyl/N-ethyl adjacent to an activating group) is 2. The summed E-state index contributed by atoms with van der Waals surface area (Å²) in [6.07, 6.45) is 2.62. The molecule has 1 saturated carbocycles. The Bertz CT molecular complexity index is 899. The first-order valence-corrected chi connectivity index (χ1v) is 12.9. The van der Waals surface area contributed by atoms with Gasteiger partial charge in [0.25, 0.3) is 0 Å². The van der Waals surface area contributed by atoms with E-state index in [0.717, 1.165) is 74.3 Å². The highest BCUT2D eigenvalue weighted by molar-refractivity contribution is 7.88. The predicted octanol–water partition coefficient (Wildman–Crippen LogP) is 3.50. The zero-order chi connectivity index (χ0) is 23.7. The van der Waals surface area contributed by atoms with Crippen LogP contribution in [-0.2, 0) is 21.0 Å². The van der Waals surface area contributed by atoms with E-state index in [-0.39, 0.29) is 17.6 Å². The van der Waals surface area contributed by atoms with E-state index in [4.69, 9.17) is 0 Å². The summed E-state index contributed by atoms with van der Waals surface area (Å²) in [6, 6.07) is 3.10. The Labute approximate surface area is 188 Å². The number of amides is 1. The van der Waals surface area contributed by atoms with Gasteiger partial charge in [0.1, 0.15) is 6.04 Å². The van der Waals surface area contributed by atoms with E-state index >= 15 is 0 Å². The van der Waals surface area contributed by atoms with Gasteiger partial charge in [0.15, 0.2) is 0 Å². The van der Waals surface area contributed by atoms with Crippen molar-refractivity contribution in [1.29, 1.82) is 0 Å². The fourth-order valence-corrected chi connectivity index (χ4v) is 5.55. The standard InChI is InChI=1S/C22H32F3N3O3S/c1-26(18-8-4-5-9-19(18)28-14-6-7-15-28)21(29)20(27(2)32(3,30)31)16-10-12-17(13-11-16)22(23,24)25/h10-13,18-20H,4-9,14-15H2,1-3H3/t18-,19-,20?/m1/s1. The van der Waals surface area contributed by atoms with Crippen LogP contribution in [0.2, 0.25) is 0 Å². The first kappa shape index (κ1) is 25.0. The van der Waals surface area contributed by atoms with Gasteiger partial charge in [-0.25, -0.2) is 8.42 Å². The predicted molar refractivity (Wildman–Crippen MR) is 116 cm³/mol. The van der Waals surface area contributed by atoms with Crippen LogP contribution in [-0.4, -0.2) is 74.0 Å². The second kappa shape index (κ2) is 9.69. The highest BCUT2D eigenvalue weighted by Crippen LogP contribution is 2.34. The zero-order valence-electron chi connectivity index (χ0n) is 18.8. The third kappa shape index (κ3) is 5.46. The number of carbonyl (C=O) groups excluding carboxylic acids is 1. The average Bonchev–Trinajstić information content (AvgIpc) is 3.27. The van der Waals surface area contributed by atoms with E-state index in [1.165, 1.54) is 19.2 Å². The molecule has 2 aliphatic rings. The van der Waals surface area contributed by atoms with Crippen LogP contribution in [0.25, 0.3) is 0 Å². The minimum absolute atomic E-state index is 0.0562. The fourth-order valence-electron chi connectivity index (χ4n) is 4.95. The summed E-state index contributed by atoms with van der Waals surface area (Å²) in [5.74, 6) is -0.422. The van der Waals surface area contributed by atoms with Gasteiger partial charge < -0.3 is 4.90 Å². The van der Waals surface area contributed by atoms with Gasteiger partial charge in [0.05, 0.1) is 11.8 Å². The summed E-state index contributed by atoms with van der Waals surface area (Å²) < 4.78 is 64.6. The van der Waals surface area contributed by atoms with Gasteiger partial charge in [0.2, 0.25) is 15.9 Å². The van der Waals surface area contributed by atoms with Crippen molar-refractivity contribution < 1.29 is 26.4 Å². The summed E-state index contributed by atoms with van der Waals surface area (Å²) in [4.78, 5) is 17.7. The van der Waals surface area contributed by atoms with Crippen LogP contribution in [0.1, 0.15) is 55.7 Å². The second-order valence-electron chi connectivity index (χ2n) is 8.91. The number of hydrogen-bond acceptors (Lipinski definition) is 4. The number of nitrogens with zero attached hydrogens (tertiary/aromatic N) is 3. The lowest BCUT2D eigenvalue weighted by atomic mass is 9.87. The van der Waals surface area contributed by atoms with Crippen molar-refractivity contribution in [3.63, 3.8) is 0 Å². The van der Waals surface area contributed by atoms with Crippen molar-refractivity contribution in [2.75, 3.05) is 33.4 Å². The summed E-state index contributed by atoms with van der Waals surface area (Å²) >= 11 is 0. The van der Waals surface area contributed by atoms with Crippen molar-refractivity contribution in [1.82, 2.24) is 14.1 Å². The Hall–Kier alpha value is -1.65. The number of benzene rings is 1. The molecular weight excluding hydrogens is 443 g/mol. The molecule has 2 fully saturated rings. The van der Waals surface area contributed by atoms with E-state index in [1.807, 2.05) is 0 Å². The molecular formula is C22H32F3N3O3S. The molecule has 6 nitrogen and oxygen atoms in total. The second-order valence-corrected chi connectivity index (χ2v) is 11.0. The van der Waals surface area contributed by atoms with Gasteiger partial charge in [0, 0.05) is 26.2 Å². The quantitative estimate of drug-likeness (QED) is 0.632. The maximum absolute atomic E-state index is 13.7. The number of alkyl halides is 3. The van der Waals surface area contributed by atoms with Gasteiger partial charge in [-0.05, 0) is 56.5 Å². The van der Waals surface area contributed by atoms with Gasteiger partial charge >= 0.3 is 6.18 Å². The SMILES string of the molecule is CN(C(=O)C(c1ccc(C(F)(F)F)cc1)N(C)S(C)(=O)=O)[C@@H]1CCCC[C@H]1N1CCCC1. The molecule has 3 rings (SSSR count). The minimum Gasteiger partial charge on any atom is -0.340 e. The number of halogens is 3. The monoisotopic (exact) mass is 475 g/mol. The Morgan fingerprint density at radius 1 is 1.03 bits per heavy atom. The number of rotatable bonds is 6. The van der Waals surface area contributed by atoms with E-state index in [9.17, 15) is 26.4 Å². The summed E-state index contributed by atoms with van der Waals surface area (Å²) in [5.41, 5.74) is -0.625. The molecule has 0 bridgehead atoms. The number of carbonyl (C=O) groups is 1. The lowest BCUT2D eigenvalue weighted by molar-refractivity contribution is -0.138. The van der Waals surface area contributed by atoms with Crippen molar-refractivity contribution >= 4 is 15.9 Å². The zero-order valence-corrected chi connectivity index (χ0v) is 19.6. The molecule has 0 spiro atoms. The van der Waals surface area contributed by atoms with Crippen LogP contribution in [0.4, 0.5) is 13.2 Å². The van der Waals surface area contributed by atoms with Crippen LogP contribution in [0.5, 0.6) is 0 Å². The van der Waals surface area contributed by atoms with Crippen LogP contribution < -0.4 is 0 Å². The summed E-state index contributed by atoms with van der Waals surface area (Å²) in [7, 11) is -0.791. The first-order chi connectivity index (χ1) is 14.9. The summed E-state index contributed by atoms with van der Waals surface area (Å²) in [5, 5.41) is 0. The maximum atomic E-state index is 13.7. The molecule has 0 radical (unpaired) electrons. The molecule has 1 aliphatic carbocycles. The number of likely N-dealkylation sites (tertiary alicyclic amines) is 1. The molecule has 0 N–H and O–H groups in total. The third-order valence-electron chi connectivity index (χ3n) is 6.82. The van der Waals surface area contributed by atoms with Crippen molar-refractivity contribution in [3.05, 3.63) is 35.4 Å². The minimum atomic E-state index is -4.51. The highest BCUT2D eigenvalue weighted by Gasteiger charge is 2.40. The molecule has 32 heavy (non-hydrogen) atoms. The van der Waals surface area contributed by atoms with Gasteiger partial charge in [-0.15, -0.1) is 0 Å². The van der Waals surface area contributed by atoms with E-state index < -0.39 is 33.7 Å². The smallest absolute Gasteiger partial charge is 0.340 e. The van der Waals surface area contributed by atoms with Crippen LogP contribution in [0.15, 0.2) is 24.3 Å². The van der Waals surface area contributed by atoms with Crippen LogP contribution >= 0.6 is 0 Å². The van der Waals surface area contributed by atoms with Crippen LogP contribution in [0, 0.1) is 0 Å². The molecule has 10 heteroatoms. The molecule has 1 unspecified atom stereocenters. The Balaban J connectivity index is 1.92. The molecule has 1 aliphatic heterocycles. The van der Waals surface area contributed by atoms with Crippen molar-refractivity contribution in [2.45, 2.75) is 62.8 Å². The van der Waals surface area contributed by atoms with Gasteiger partial charge in [-0.2, -0.15) is 17.5 Å². The largest absolute Gasteiger partial charge is 0.416 e. The molecule has 1 heterocycles. The Kier molecular flexibility index (Phi) is 7.56.